The lowest BCUT2D eigenvalue weighted by molar-refractivity contribution is -0.144. The second-order valence-corrected chi connectivity index (χ2v) is 4.94. The number of aromatic nitrogens is 2. The molecule has 108 valence electrons. The number of nitrogens with zero attached hydrogens (tertiary/aromatic N) is 2. The van der Waals surface area contributed by atoms with Crippen molar-refractivity contribution in [2.45, 2.75) is 26.1 Å². The minimum Gasteiger partial charge on any atom is -0.256 e. The molecular formula is C13H11ClF4N2. The summed E-state index contributed by atoms with van der Waals surface area (Å²) in [5.41, 5.74) is -0.888. The third-order valence-corrected chi connectivity index (χ3v) is 3.07. The first-order valence-corrected chi connectivity index (χ1v) is 6.20. The van der Waals surface area contributed by atoms with Crippen LogP contribution in [0.5, 0.6) is 0 Å². The van der Waals surface area contributed by atoms with Gasteiger partial charge in [0.1, 0.15) is 11.5 Å². The van der Waals surface area contributed by atoms with Crippen LogP contribution < -0.4 is 0 Å². The molecule has 0 spiro atoms. The van der Waals surface area contributed by atoms with Crippen molar-refractivity contribution in [3.63, 3.8) is 0 Å². The smallest absolute Gasteiger partial charge is 0.256 e. The van der Waals surface area contributed by atoms with Crippen molar-refractivity contribution in [3.05, 3.63) is 40.8 Å². The Morgan fingerprint density at radius 1 is 1.25 bits per heavy atom. The summed E-state index contributed by atoms with van der Waals surface area (Å²) in [6.45, 7) is 3.13. The molecule has 0 N–H and O–H groups in total. The van der Waals surface area contributed by atoms with Crippen molar-refractivity contribution in [1.82, 2.24) is 9.78 Å². The summed E-state index contributed by atoms with van der Waals surface area (Å²) in [4.78, 5) is 0. The fourth-order valence-corrected chi connectivity index (χ4v) is 2.20. The average molecular weight is 307 g/mol. The zero-order valence-electron chi connectivity index (χ0n) is 10.7. The van der Waals surface area contributed by atoms with E-state index < -0.39 is 28.8 Å². The highest BCUT2D eigenvalue weighted by atomic mass is 35.5. The van der Waals surface area contributed by atoms with E-state index in [1.807, 2.05) is 0 Å². The van der Waals surface area contributed by atoms with Crippen LogP contribution in [-0.2, 0) is 6.18 Å². The van der Waals surface area contributed by atoms with Gasteiger partial charge in [0.2, 0.25) is 0 Å². The van der Waals surface area contributed by atoms with Crippen LogP contribution in [0.1, 0.15) is 25.6 Å². The SMILES string of the molecule is CC(C)n1nc(-c2cccc(F)c2)c(Cl)c1C(F)(F)F. The van der Waals surface area contributed by atoms with Crippen LogP contribution in [-0.4, -0.2) is 9.78 Å². The number of halogens is 5. The number of hydrogen-bond acceptors (Lipinski definition) is 1. The van der Waals surface area contributed by atoms with Crippen LogP contribution in [0.15, 0.2) is 24.3 Å². The predicted octanol–water partition coefficient (Wildman–Crippen LogP) is 4.94. The van der Waals surface area contributed by atoms with Crippen molar-refractivity contribution < 1.29 is 17.6 Å². The van der Waals surface area contributed by atoms with E-state index in [2.05, 4.69) is 5.10 Å². The Labute approximate surface area is 118 Å². The Bertz CT molecular complexity index is 632. The van der Waals surface area contributed by atoms with Crippen molar-refractivity contribution in [1.29, 1.82) is 0 Å². The summed E-state index contributed by atoms with van der Waals surface area (Å²) in [6, 6.07) is 4.62. The minimum atomic E-state index is -4.63. The quantitative estimate of drug-likeness (QED) is 0.718. The summed E-state index contributed by atoms with van der Waals surface area (Å²) in [5, 5.41) is 3.37. The molecule has 20 heavy (non-hydrogen) atoms. The van der Waals surface area contributed by atoms with Gasteiger partial charge in [0.25, 0.3) is 0 Å². The molecule has 0 radical (unpaired) electrons. The Morgan fingerprint density at radius 3 is 2.35 bits per heavy atom. The Hall–Kier alpha value is -1.56. The fourth-order valence-electron chi connectivity index (χ4n) is 1.86. The Balaban J connectivity index is 2.68. The molecule has 0 aliphatic heterocycles. The third-order valence-electron chi connectivity index (χ3n) is 2.71. The van der Waals surface area contributed by atoms with Gasteiger partial charge in [-0.3, -0.25) is 4.68 Å². The Kier molecular flexibility index (Phi) is 3.77. The maximum atomic E-state index is 13.2. The van der Waals surface area contributed by atoms with Gasteiger partial charge in [-0.15, -0.1) is 0 Å². The minimum absolute atomic E-state index is 0.0767. The van der Waals surface area contributed by atoms with Gasteiger partial charge < -0.3 is 0 Å². The van der Waals surface area contributed by atoms with Gasteiger partial charge in [-0.25, -0.2) is 4.39 Å². The molecule has 1 aromatic carbocycles. The van der Waals surface area contributed by atoms with Crippen LogP contribution in [0.2, 0.25) is 5.02 Å². The molecule has 0 saturated heterocycles. The van der Waals surface area contributed by atoms with E-state index in [0.717, 1.165) is 10.7 Å². The topological polar surface area (TPSA) is 17.8 Å². The van der Waals surface area contributed by atoms with Crippen LogP contribution in [0, 0.1) is 5.82 Å². The first kappa shape index (κ1) is 14.8. The number of hydrogen-bond donors (Lipinski definition) is 0. The van der Waals surface area contributed by atoms with Gasteiger partial charge in [0, 0.05) is 11.6 Å². The Morgan fingerprint density at radius 2 is 1.90 bits per heavy atom. The molecule has 0 saturated carbocycles. The van der Waals surface area contributed by atoms with Gasteiger partial charge in [-0.1, -0.05) is 23.7 Å². The molecule has 0 aliphatic rings. The standard InChI is InChI=1S/C13H11ClF4N2/c1-7(2)20-12(13(16,17)18)10(14)11(19-20)8-4-3-5-9(15)6-8/h3-7H,1-2H3. The molecule has 1 heterocycles. The molecule has 7 heteroatoms. The number of rotatable bonds is 2. The highest BCUT2D eigenvalue weighted by Crippen LogP contribution is 2.41. The molecule has 1 aromatic heterocycles. The van der Waals surface area contributed by atoms with E-state index >= 15 is 0 Å². The average Bonchev–Trinajstić information content (AvgIpc) is 2.66. The normalized spacial score (nSPS) is 12.2. The molecule has 2 rings (SSSR count). The van der Waals surface area contributed by atoms with Crippen LogP contribution in [0.25, 0.3) is 11.3 Å². The van der Waals surface area contributed by atoms with Gasteiger partial charge in [-0.05, 0) is 26.0 Å². The third kappa shape index (κ3) is 2.65. The molecule has 0 atom stereocenters. The molecule has 0 bridgehead atoms. The maximum Gasteiger partial charge on any atom is 0.434 e. The number of alkyl halides is 3. The first-order valence-electron chi connectivity index (χ1n) is 5.83. The van der Waals surface area contributed by atoms with Crippen LogP contribution in [0.3, 0.4) is 0 Å². The molecule has 0 unspecified atom stereocenters. The van der Waals surface area contributed by atoms with Crippen LogP contribution >= 0.6 is 11.6 Å². The predicted molar refractivity (Wildman–Crippen MR) is 68.0 cm³/mol. The lowest BCUT2D eigenvalue weighted by Gasteiger charge is -2.13. The highest BCUT2D eigenvalue weighted by molar-refractivity contribution is 6.33. The molecular weight excluding hydrogens is 296 g/mol. The zero-order valence-corrected chi connectivity index (χ0v) is 11.4. The summed E-state index contributed by atoms with van der Waals surface area (Å²) in [6.07, 6.45) is -4.63. The van der Waals surface area contributed by atoms with E-state index in [4.69, 9.17) is 11.6 Å². The van der Waals surface area contributed by atoms with Gasteiger partial charge >= 0.3 is 6.18 Å². The lowest BCUT2D eigenvalue weighted by atomic mass is 10.1. The van der Waals surface area contributed by atoms with E-state index in [1.54, 1.807) is 13.8 Å². The summed E-state index contributed by atoms with van der Waals surface area (Å²) >= 11 is 5.82. The van der Waals surface area contributed by atoms with E-state index in [0.29, 0.717) is 0 Å². The van der Waals surface area contributed by atoms with Gasteiger partial charge in [0.05, 0.1) is 5.02 Å². The second kappa shape index (κ2) is 5.09. The summed E-state index contributed by atoms with van der Waals surface area (Å²) in [7, 11) is 0. The summed E-state index contributed by atoms with van der Waals surface area (Å²) < 4.78 is 53.2. The molecule has 0 fully saturated rings. The molecule has 2 aromatic rings. The first-order chi connectivity index (χ1) is 9.21. The van der Waals surface area contributed by atoms with Crippen molar-refractivity contribution in [2.75, 3.05) is 0 Å². The largest absolute Gasteiger partial charge is 0.434 e. The maximum absolute atomic E-state index is 13.2. The van der Waals surface area contributed by atoms with Crippen molar-refractivity contribution >= 4 is 11.6 Å². The highest BCUT2D eigenvalue weighted by Gasteiger charge is 2.40. The van der Waals surface area contributed by atoms with Gasteiger partial charge in [0.15, 0.2) is 5.69 Å². The molecule has 0 amide bonds. The molecule has 2 nitrogen and oxygen atoms in total. The monoisotopic (exact) mass is 306 g/mol. The van der Waals surface area contributed by atoms with E-state index in [9.17, 15) is 17.6 Å². The van der Waals surface area contributed by atoms with Crippen molar-refractivity contribution in [3.8, 4) is 11.3 Å². The molecule has 0 aliphatic carbocycles. The lowest BCUT2D eigenvalue weighted by Crippen LogP contribution is -2.16. The van der Waals surface area contributed by atoms with Gasteiger partial charge in [-0.2, -0.15) is 18.3 Å². The fraction of sp³-hybridized carbons (Fsp3) is 0.308. The van der Waals surface area contributed by atoms with Crippen molar-refractivity contribution in [2.24, 2.45) is 0 Å². The van der Waals surface area contributed by atoms with Crippen LogP contribution in [0.4, 0.5) is 17.6 Å². The second-order valence-electron chi connectivity index (χ2n) is 4.56. The zero-order chi connectivity index (χ0) is 15.1. The number of benzene rings is 1. The van der Waals surface area contributed by atoms with E-state index in [1.165, 1.54) is 18.2 Å². The van der Waals surface area contributed by atoms with E-state index in [-0.39, 0.29) is 11.3 Å². The summed E-state index contributed by atoms with van der Waals surface area (Å²) in [5.74, 6) is -0.564.